The predicted octanol–water partition coefficient (Wildman–Crippen LogP) is 4.23. The van der Waals surface area contributed by atoms with Gasteiger partial charge in [-0.15, -0.1) is 0 Å². The summed E-state index contributed by atoms with van der Waals surface area (Å²) in [5, 5.41) is 4.11. The lowest BCUT2D eigenvalue weighted by atomic mass is 10.1. The van der Waals surface area contributed by atoms with Gasteiger partial charge in [-0.25, -0.2) is 0 Å². The van der Waals surface area contributed by atoms with Crippen molar-refractivity contribution in [2.24, 2.45) is 0 Å². The maximum absolute atomic E-state index is 12.6. The van der Waals surface area contributed by atoms with Gasteiger partial charge in [0.25, 0.3) is 0 Å². The second-order valence-corrected chi connectivity index (χ2v) is 8.48. The van der Waals surface area contributed by atoms with E-state index < -0.39 is 0 Å². The average Bonchev–Trinajstić information content (AvgIpc) is 3.33. The Bertz CT molecular complexity index is 1080. The number of nitrogens with zero attached hydrogens (tertiary/aromatic N) is 4. The van der Waals surface area contributed by atoms with Crippen molar-refractivity contribution >= 4 is 12.0 Å². The molecule has 0 N–H and O–H groups in total. The van der Waals surface area contributed by atoms with Crippen molar-refractivity contribution in [3.63, 3.8) is 0 Å². The number of carbonyl (C=O) groups is 1. The van der Waals surface area contributed by atoms with E-state index in [1.165, 1.54) is 5.56 Å². The van der Waals surface area contributed by atoms with E-state index in [2.05, 4.69) is 22.0 Å². The summed E-state index contributed by atoms with van der Waals surface area (Å²) in [4.78, 5) is 21.4. The molecule has 0 bridgehead atoms. The largest absolute Gasteiger partial charge is 0.494 e. The molecule has 34 heavy (non-hydrogen) atoms. The molecule has 1 amide bonds. The highest BCUT2D eigenvalue weighted by Crippen LogP contribution is 2.17. The Morgan fingerprint density at radius 3 is 2.50 bits per heavy atom. The topological polar surface area (TPSA) is 71.7 Å². The van der Waals surface area contributed by atoms with Crippen LogP contribution in [0.5, 0.6) is 5.75 Å². The lowest BCUT2D eigenvalue weighted by Crippen LogP contribution is -2.48. The molecule has 1 aliphatic heterocycles. The first-order valence-electron chi connectivity index (χ1n) is 11.9. The third-order valence-electron chi connectivity index (χ3n) is 5.94. The van der Waals surface area contributed by atoms with E-state index in [1.807, 2.05) is 66.4 Å². The van der Waals surface area contributed by atoms with Crippen LogP contribution in [0.3, 0.4) is 0 Å². The number of benzene rings is 2. The van der Waals surface area contributed by atoms with E-state index in [9.17, 15) is 4.79 Å². The molecule has 7 nitrogen and oxygen atoms in total. The highest BCUT2D eigenvalue weighted by atomic mass is 16.5. The molecule has 2 heterocycles. The van der Waals surface area contributed by atoms with Crippen LogP contribution in [-0.4, -0.2) is 65.2 Å². The lowest BCUT2D eigenvalue weighted by Gasteiger charge is -2.34. The number of aromatic nitrogens is 2. The third kappa shape index (κ3) is 6.54. The van der Waals surface area contributed by atoms with E-state index in [-0.39, 0.29) is 5.91 Å². The van der Waals surface area contributed by atoms with Crippen LogP contribution in [0, 0.1) is 6.92 Å². The van der Waals surface area contributed by atoms with Crippen LogP contribution in [0.2, 0.25) is 0 Å². The third-order valence-corrected chi connectivity index (χ3v) is 5.94. The van der Waals surface area contributed by atoms with E-state index in [0.29, 0.717) is 18.3 Å². The Balaban J connectivity index is 1.17. The lowest BCUT2D eigenvalue weighted by molar-refractivity contribution is -0.127. The highest BCUT2D eigenvalue weighted by molar-refractivity contribution is 5.91. The van der Waals surface area contributed by atoms with E-state index >= 15 is 0 Å². The number of hydrogen-bond acceptors (Lipinski definition) is 6. The summed E-state index contributed by atoms with van der Waals surface area (Å²) in [6, 6.07) is 15.9. The molecule has 178 valence electrons. The Kier molecular flexibility index (Phi) is 8.09. The predicted molar refractivity (Wildman–Crippen MR) is 132 cm³/mol. The molecule has 1 aliphatic rings. The van der Waals surface area contributed by atoms with Gasteiger partial charge >= 0.3 is 0 Å². The maximum atomic E-state index is 12.6. The summed E-state index contributed by atoms with van der Waals surface area (Å²) in [6.07, 6.45) is 5.22. The minimum Gasteiger partial charge on any atom is -0.494 e. The molecule has 1 aromatic heterocycles. The molecule has 0 aliphatic carbocycles. The fourth-order valence-electron chi connectivity index (χ4n) is 3.94. The summed E-state index contributed by atoms with van der Waals surface area (Å²) < 4.78 is 10.9. The summed E-state index contributed by atoms with van der Waals surface area (Å²) in [5.41, 5.74) is 3.16. The van der Waals surface area contributed by atoms with Gasteiger partial charge in [0.15, 0.2) is 0 Å². The molecule has 4 rings (SSSR count). The van der Waals surface area contributed by atoms with Crippen molar-refractivity contribution in [2.45, 2.75) is 26.7 Å². The molecule has 3 aromatic rings. The van der Waals surface area contributed by atoms with Crippen molar-refractivity contribution in [1.82, 2.24) is 19.9 Å². The van der Waals surface area contributed by atoms with Gasteiger partial charge in [-0.2, -0.15) is 4.98 Å². The van der Waals surface area contributed by atoms with Crippen molar-refractivity contribution in [3.05, 3.63) is 71.6 Å². The molecular weight excluding hydrogens is 428 g/mol. The zero-order valence-electron chi connectivity index (χ0n) is 19.9. The van der Waals surface area contributed by atoms with Crippen molar-refractivity contribution < 1.29 is 14.1 Å². The van der Waals surface area contributed by atoms with E-state index in [1.54, 1.807) is 6.08 Å². The van der Waals surface area contributed by atoms with Crippen molar-refractivity contribution in [2.75, 3.05) is 39.3 Å². The molecule has 1 fully saturated rings. The Morgan fingerprint density at radius 1 is 1.06 bits per heavy atom. The van der Waals surface area contributed by atoms with Gasteiger partial charge in [-0.1, -0.05) is 47.1 Å². The Morgan fingerprint density at radius 2 is 1.79 bits per heavy atom. The van der Waals surface area contributed by atoms with Gasteiger partial charge in [0.2, 0.25) is 17.6 Å². The Labute approximate surface area is 201 Å². The van der Waals surface area contributed by atoms with Gasteiger partial charge in [-0.3, -0.25) is 9.69 Å². The average molecular weight is 461 g/mol. The number of rotatable bonds is 9. The quantitative estimate of drug-likeness (QED) is 0.445. The van der Waals surface area contributed by atoms with Crippen LogP contribution in [0.25, 0.3) is 17.5 Å². The number of aryl methyl sites for hydroxylation is 2. The molecular formula is C27H32N4O3. The van der Waals surface area contributed by atoms with Crippen LogP contribution in [0.1, 0.15) is 30.4 Å². The summed E-state index contributed by atoms with van der Waals surface area (Å²) >= 11 is 0. The van der Waals surface area contributed by atoms with E-state index in [4.69, 9.17) is 9.26 Å². The molecule has 2 aromatic carbocycles. The van der Waals surface area contributed by atoms with Crippen molar-refractivity contribution in [3.8, 4) is 17.1 Å². The maximum Gasteiger partial charge on any atom is 0.246 e. The van der Waals surface area contributed by atoms with Crippen LogP contribution in [0.4, 0.5) is 0 Å². The first-order valence-corrected chi connectivity index (χ1v) is 11.9. The van der Waals surface area contributed by atoms with Crippen LogP contribution in [0.15, 0.2) is 59.1 Å². The number of ether oxygens (including phenoxy) is 1. The fraction of sp³-hybridized carbons (Fsp3) is 0.370. The van der Waals surface area contributed by atoms with Gasteiger partial charge < -0.3 is 14.2 Å². The smallest absolute Gasteiger partial charge is 0.246 e. The Hall–Kier alpha value is -3.45. The number of carbonyl (C=O) groups excluding carboxylic acids is 1. The first kappa shape index (κ1) is 23.7. The molecule has 0 saturated carbocycles. The number of piperazine rings is 1. The molecule has 0 radical (unpaired) electrons. The van der Waals surface area contributed by atoms with E-state index in [0.717, 1.165) is 62.4 Å². The fourth-order valence-corrected chi connectivity index (χ4v) is 3.94. The number of amides is 1. The normalized spacial score (nSPS) is 14.6. The van der Waals surface area contributed by atoms with Gasteiger partial charge in [0.1, 0.15) is 5.75 Å². The molecule has 0 spiro atoms. The molecule has 7 heteroatoms. The van der Waals surface area contributed by atoms with Gasteiger partial charge in [0, 0.05) is 44.2 Å². The highest BCUT2D eigenvalue weighted by Gasteiger charge is 2.19. The summed E-state index contributed by atoms with van der Waals surface area (Å²) in [7, 11) is 0. The molecule has 0 unspecified atom stereocenters. The van der Waals surface area contributed by atoms with Crippen LogP contribution in [-0.2, 0) is 11.2 Å². The molecule has 1 saturated heterocycles. The second kappa shape index (κ2) is 11.6. The minimum atomic E-state index is 0.0584. The van der Waals surface area contributed by atoms with Gasteiger partial charge in [0.05, 0.1) is 6.61 Å². The second-order valence-electron chi connectivity index (χ2n) is 8.48. The summed E-state index contributed by atoms with van der Waals surface area (Å²) in [6.45, 7) is 8.85. The van der Waals surface area contributed by atoms with Gasteiger partial charge in [-0.05, 0) is 50.6 Å². The standard InChI is InChI=1S/C27H32N4O3/c1-3-33-24-13-8-22(9-14-24)10-15-26(32)31-19-17-30(18-20-31)16-4-5-25-28-27(29-34-25)23-11-6-21(2)7-12-23/h6-15H,3-5,16-20H2,1-2H3/b15-10+. The monoisotopic (exact) mass is 460 g/mol. The zero-order valence-corrected chi connectivity index (χ0v) is 19.9. The SMILES string of the molecule is CCOc1ccc(/C=C/C(=O)N2CCN(CCCc3nc(-c4ccc(C)cc4)no3)CC2)cc1. The first-order chi connectivity index (χ1) is 16.6. The number of hydrogen-bond donors (Lipinski definition) is 0. The van der Waals surface area contributed by atoms with Crippen LogP contribution < -0.4 is 4.74 Å². The van der Waals surface area contributed by atoms with Crippen molar-refractivity contribution in [1.29, 1.82) is 0 Å². The zero-order chi connectivity index (χ0) is 23.8. The minimum absolute atomic E-state index is 0.0584. The summed E-state index contributed by atoms with van der Waals surface area (Å²) in [5.74, 6) is 2.21. The van der Waals surface area contributed by atoms with Crippen LogP contribution >= 0.6 is 0 Å². The molecule has 0 atom stereocenters.